The van der Waals surface area contributed by atoms with Crippen molar-refractivity contribution in [1.82, 2.24) is 4.98 Å². The van der Waals surface area contributed by atoms with E-state index in [1.54, 1.807) is 5.38 Å². The first-order valence-corrected chi connectivity index (χ1v) is 4.69. The monoisotopic (exact) mass is 251 g/mol. The molecule has 0 saturated carbocycles. The Hall–Kier alpha value is -0.460. The molecule has 4 nitrogen and oxygen atoms in total. The fraction of sp³-hybridized carbons (Fsp3) is 0.333. The van der Waals surface area contributed by atoms with Crippen molar-refractivity contribution in [3.8, 4) is 0 Å². The summed E-state index contributed by atoms with van der Waals surface area (Å²) in [5, 5.41) is 10.3. The van der Waals surface area contributed by atoms with Crippen LogP contribution in [0.1, 0.15) is 11.8 Å². The molecule has 1 aromatic rings. The molecule has 6 heteroatoms. The van der Waals surface area contributed by atoms with Crippen LogP contribution in [0.4, 0.5) is 0 Å². The highest BCUT2D eigenvalue weighted by Crippen LogP contribution is 2.22. The van der Waals surface area contributed by atoms with Gasteiger partial charge in [0.2, 0.25) is 0 Å². The molecule has 1 heterocycles. The topological polar surface area (TPSA) is 59.4 Å². The molecule has 0 spiro atoms. The van der Waals surface area contributed by atoms with Crippen LogP contribution in [0.25, 0.3) is 0 Å². The zero-order valence-corrected chi connectivity index (χ0v) is 8.55. The average molecular weight is 252 g/mol. The summed E-state index contributed by atoms with van der Waals surface area (Å²) in [6.07, 6.45) is -0.965. The first-order chi connectivity index (χ1) is 5.65. The van der Waals surface area contributed by atoms with Crippen LogP contribution >= 0.6 is 27.3 Å². The summed E-state index contributed by atoms with van der Waals surface area (Å²) in [7, 11) is 1.34. The number of ether oxygens (including phenoxy) is 1. The zero-order valence-electron chi connectivity index (χ0n) is 6.15. The number of carboxylic acid groups (broad SMARTS) is 1. The Kier molecular flexibility index (Phi) is 3.19. The van der Waals surface area contributed by atoms with E-state index >= 15 is 0 Å². The van der Waals surface area contributed by atoms with Crippen LogP contribution in [0.2, 0.25) is 0 Å². The number of methoxy groups -OCH3 is 1. The summed E-state index contributed by atoms with van der Waals surface area (Å²) in [4.78, 5) is 14.5. The molecule has 12 heavy (non-hydrogen) atoms. The van der Waals surface area contributed by atoms with Gasteiger partial charge in [-0.2, -0.15) is 0 Å². The van der Waals surface area contributed by atoms with Crippen LogP contribution in [0.15, 0.2) is 9.30 Å². The minimum Gasteiger partial charge on any atom is -0.479 e. The molecule has 0 aliphatic rings. The number of carbonyl (C=O) groups is 1. The Morgan fingerprint density at radius 1 is 1.92 bits per heavy atom. The maximum Gasteiger partial charge on any atom is 0.339 e. The Labute approximate surface area is 81.3 Å². The van der Waals surface area contributed by atoms with E-state index in [2.05, 4.69) is 20.9 Å². The fourth-order valence-corrected chi connectivity index (χ4v) is 1.77. The molecule has 0 aromatic carbocycles. The molecule has 1 N–H and O–H groups in total. The van der Waals surface area contributed by atoms with Crippen molar-refractivity contribution in [3.63, 3.8) is 0 Å². The molecule has 0 bridgehead atoms. The molecule has 0 radical (unpaired) electrons. The highest BCUT2D eigenvalue weighted by atomic mass is 79.9. The van der Waals surface area contributed by atoms with Crippen LogP contribution in [-0.2, 0) is 9.53 Å². The van der Waals surface area contributed by atoms with E-state index in [4.69, 9.17) is 9.84 Å². The standard InChI is InChI=1S/C6H6BrNO3S/c1-11-4(5(9)10)3-2-12-6(7)8-3/h2,4H,1H3,(H,9,10)/t4-/m1/s1. The van der Waals surface area contributed by atoms with Crippen molar-refractivity contribution < 1.29 is 14.6 Å². The van der Waals surface area contributed by atoms with Crippen LogP contribution in [-0.4, -0.2) is 23.2 Å². The number of hydrogen-bond donors (Lipinski definition) is 1. The Morgan fingerprint density at radius 2 is 2.58 bits per heavy atom. The Bertz CT molecular complexity index is 288. The highest BCUT2D eigenvalue weighted by Gasteiger charge is 2.21. The van der Waals surface area contributed by atoms with Crippen molar-refractivity contribution in [1.29, 1.82) is 0 Å². The summed E-state index contributed by atoms with van der Waals surface area (Å²) in [5.41, 5.74) is 0.418. The predicted octanol–water partition coefficient (Wildman–Crippen LogP) is 1.68. The second-order valence-corrected chi connectivity index (χ2v) is 4.11. The van der Waals surface area contributed by atoms with Crippen molar-refractivity contribution >= 4 is 33.2 Å². The third-order valence-corrected chi connectivity index (χ3v) is 2.61. The largest absolute Gasteiger partial charge is 0.479 e. The molecule has 0 amide bonds. The molecule has 0 saturated heterocycles. The van der Waals surface area contributed by atoms with Gasteiger partial charge in [-0.15, -0.1) is 11.3 Å². The van der Waals surface area contributed by atoms with Crippen molar-refractivity contribution in [2.24, 2.45) is 0 Å². The highest BCUT2D eigenvalue weighted by molar-refractivity contribution is 9.11. The van der Waals surface area contributed by atoms with Gasteiger partial charge in [-0.1, -0.05) is 0 Å². The number of aliphatic carboxylic acids is 1. The number of hydrogen-bond acceptors (Lipinski definition) is 4. The van der Waals surface area contributed by atoms with Gasteiger partial charge in [0.15, 0.2) is 10.0 Å². The SMILES string of the molecule is CO[C@@H](C(=O)O)c1csc(Br)n1. The lowest BCUT2D eigenvalue weighted by Gasteiger charge is -2.05. The van der Waals surface area contributed by atoms with E-state index in [-0.39, 0.29) is 0 Å². The maximum absolute atomic E-state index is 10.6. The van der Waals surface area contributed by atoms with E-state index in [1.165, 1.54) is 18.4 Å². The van der Waals surface area contributed by atoms with E-state index in [9.17, 15) is 4.79 Å². The molecule has 0 fully saturated rings. The second-order valence-electron chi connectivity index (χ2n) is 1.98. The quantitative estimate of drug-likeness (QED) is 0.888. The first kappa shape index (κ1) is 9.63. The van der Waals surface area contributed by atoms with Gasteiger partial charge in [-0.05, 0) is 15.9 Å². The van der Waals surface area contributed by atoms with Crippen molar-refractivity contribution in [2.75, 3.05) is 7.11 Å². The van der Waals surface area contributed by atoms with Gasteiger partial charge < -0.3 is 9.84 Å². The molecule has 1 atom stereocenters. The van der Waals surface area contributed by atoms with E-state index in [0.717, 1.165) is 0 Å². The smallest absolute Gasteiger partial charge is 0.339 e. The van der Waals surface area contributed by atoms with Crippen LogP contribution in [0.3, 0.4) is 0 Å². The molecule has 0 aliphatic heterocycles. The Balaban J connectivity index is 2.87. The number of halogens is 1. The van der Waals surface area contributed by atoms with Gasteiger partial charge >= 0.3 is 5.97 Å². The van der Waals surface area contributed by atoms with Gasteiger partial charge in [0.1, 0.15) is 0 Å². The van der Waals surface area contributed by atoms with Crippen LogP contribution < -0.4 is 0 Å². The van der Waals surface area contributed by atoms with Crippen molar-refractivity contribution in [3.05, 3.63) is 15.0 Å². The molecule has 0 aliphatic carbocycles. The summed E-state index contributed by atoms with van der Waals surface area (Å²) in [5.74, 6) is -1.03. The predicted molar refractivity (Wildman–Crippen MR) is 47.2 cm³/mol. The molecule has 1 rings (SSSR count). The number of thiazole rings is 1. The second kappa shape index (κ2) is 3.97. The lowest BCUT2D eigenvalue weighted by atomic mass is 10.3. The molecule has 1 aromatic heterocycles. The molecular weight excluding hydrogens is 246 g/mol. The third kappa shape index (κ3) is 2.02. The van der Waals surface area contributed by atoms with Crippen molar-refractivity contribution in [2.45, 2.75) is 6.10 Å². The minimum absolute atomic E-state index is 0.418. The normalized spacial score (nSPS) is 12.8. The summed E-state index contributed by atoms with van der Waals surface area (Å²) < 4.78 is 5.39. The molecular formula is C6H6BrNO3S. The summed E-state index contributed by atoms with van der Waals surface area (Å²) >= 11 is 4.47. The van der Waals surface area contributed by atoms with Crippen LogP contribution in [0.5, 0.6) is 0 Å². The fourth-order valence-electron chi connectivity index (χ4n) is 0.732. The van der Waals surface area contributed by atoms with Gasteiger partial charge in [-0.25, -0.2) is 9.78 Å². The average Bonchev–Trinajstić information content (AvgIpc) is 2.37. The maximum atomic E-state index is 10.6. The van der Waals surface area contributed by atoms with Gasteiger partial charge in [-0.3, -0.25) is 0 Å². The van der Waals surface area contributed by atoms with E-state index in [1.807, 2.05) is 0 Å². The van der Waals surface area contributed by atoms with Crippen LogP contribution in [0, 0.1) is 0 Å². The zero-order chi connectivity index (χ0) is 9.14. The lowest BCUT2D eigenvalue weighted by molar-refractivity contribution is -0.149. The summed E-state index contributed by atoms with van der Waals surface area (Å²) in [6.45, 7) is 0. The van der Waals surface area contributed by atoms with Gasteiger partial charge in [0.05, 0.1) is 5.69 Å². The summed E-state index contributed by atoms with van der Waals surface area (Å²) in [6, 6.07) is 0. The lowest BCUT2D eigenvalue weighted by Crippen LogP contribution is -2.13. The number of rotatable bonds is 3. The number of aromatic nitrogens is 1. The molecule has 66 valence electrons. The first-order valence-electron chi connectivity index (χ1n) is 3.01. The third-order valence-electron chi connectivity index (χ3n) is 1.22. The number of carboxylic acids is 1. The Morgan fingerprint density at radius 3 is 2.92 bits per heavy atom. The number of nitrogens with zero attached hydrogens (tertiary/aromatic N) is 1. The van der Waals surface area contributed by atoms with Gasteiger partial charge in [0.25, 0.3) is 0 Å². The van der Waals surface area contributed by atoms with Gasteiger partial charge in [0, 0.05) is 12.5 Å². The van der Waals surface area contributed by atoms with E-state index in [0.29, 0.717) is 9.61 Å². The van der Waals surface area contributed by atoms with E-state index < -0.39 is 12.1 Å². The molecule has 0 unspecified atom stereocenters. The minimum atomic E-state index is -1.03.